The summed E-state index contributed by atoms with van der Waals surface area (Å²) in [6.07, 6.45) is 5.30. The van der Waals surface area contributed by atoms with Crippen molar-refractivity contribution in [3.8, 4) is 0 Å². The van der Waals surface area contributed by atoms with E-state index in [1.54, 1.807) is 18.6 Å². The molecular weight excluding hydrogens is 302 g/mol. The van der Waals surface area contributed by atoms with Gasteiger partial charge in [0, 0.05) is 44.8 Å². The first-order chi connectivity index (χ1) is 11.7. The average molecular weight is 325 g/mol. The van der Waals surface area contributed by atoms with Crippen molar-refractivity contribution in [3.05, 3.63) is 54.5 Å². The zero-order valence-electron chi connectivity index (χ0n) is 14.2. The summed E-state index contributed by atoms with van der Waals surface area (Å²) in [5, 5.41) is 0. The van der Waals surface area contributed by atoms with Crippen molar-refractivity contribution in [1.82, 2.24) is 19.8 Å². The van der Waals surface area contributed by atoms with Crippen molar-refractivity contribution in [1.29, 1.82) is 0 Å². The minimum absolute atomic E-state index is 0.133. The van der Waals surface area contributed by atoms with Crippen LogP contribution in [0.5, 0.6) is 0 Å². The zero-order chi connectivity index (χ0) is 16.9. The quantitative estimate of drug-likeness (QED) is 0.851. The summed E-state index contributed by atoms with van der Waals surface area (Å²) in [4.78, 5) is 27.7. The number of piperazine rings is 1. The summed E-state index contributed by atoms with van der Waals surface area (Å²) in [6, 6.07) is 9.46. The zero-order valence-corrected chi connectivity index (χ0v) is 14.2. The van der Waals surface area contributed by atoms with Crippen LogP contribution in [0.4, 0.5) is 5.82 Å². The SMILES string of the molecule is CN(C)C(C(=O)N1CCN(c2ccccn2)CC1)c1cccnc1. The molecule has 0 aliphatic carbocycles. The van der Waals surface area contributed by atoms with Crippen LogP contribution in [0.25, 0.3) is 0 Å². The summed E-state index contributed by atoms with van der Waals surface area (Å²) >= 11 is 0. The van der Waals surface area contributed by atoms with E-state index in [1.165, 1.54) is 0 Å². The second kappa shape index (κ2) is 7.40. The van der Waals surface area contributed by atoms with Crippen molar-refractivity contribution < 1.29 is 4.79 Å². The van der Waals surface area contributed by atoms with Crippen LogP contribution in [-0.2, 0) is 4.79 Å². The van der Waals surface area contributed by atoms with Crippen molar-refractivity contribution in [2.75, 3.05) is 45.2 Å². The highest BCUT2D eigenvalue weighted by Gasteiger charge is 2.30. The van der Waals surface area contributed by atoms with Gasteiger partial charge in [0.15, 0.2) is 0 Å². The summed E-state index contributed by atoms with van der Waals surface area (Å²) < 4.78 is 0. The number of carbonyl (C=O) groups excluding carboxylic acids is 1. The van der Waals surface area contributed by atoms with E-state index in [0.29, 0.717) is 13.1 Å². The molecule has 1 fully saturated rings. The number of hydrogen-bond acceptors (Lipinski definition) is 5. The fraction of sp³-hybridized carbons (Fsp3) is 0.389. The van der Waals surface area contributed by atoms with Gasteiger partial charge in [0.25, 0.3) is 0 Å². The molecule has 1 atom stereocenters. The molecule has 3 heterocycles. The molecule has 0 saturated carbocycles. The van der Waals surface area contributed by atoms with Gasteiger partial charge in [-0.15, -0.1) is 0 Å². The number of pyridine rings is 2. The molecule has 24 heavy (non-hydrogen) atoms. The van der Waals surface area contributed by atoms with Gasteiger partial charge < -0.3 is 9.80 Å². The molecule has 1 saturated heterocycles. The van der Waals surface area contributed by atoms with E-state index in [-0.39, 0.29) is 11.9 Å². The van der Waals surface area contributed by atoms with Gasteiger partial charge in [0.05, 0.1) is 0 Å². The molecule has 2 aromatic heterocycles. The van der Waals surface area contributed by atoms with Crippen LogP contribution in [-0.4, -0.2) is 65.9 Å². The second-order valence-electron chi connectivity index (χ2n) is 6.15. The van der Waals surface area contributed by atoms with Gasteiger partial charge in [0.1, 0.15) is 11.9 Å². The normalized spacial score (nSPS) is 16.3. The third-order valence-corrected chi connectivity index (χ3v) is 4.32. The summed E-state index contributed by atoms with van der Waals surface area (Å²) in [7, 11) is 3.86. The van der Waals surface area contributed by atoms with Crippen molar-refractivity contribution >= 4 is 11.7 Å². The molecule has 1 aliphatic rings. The second-order valence-corrected chi connectivity index (χ2v) is 6.15. The Morgan fingerprint density at radius 2 is 1.88 bits per heavy atom. The molecule has 126 valence electrons. The third kappa shape index (κ3) is 3.54. The number of rotatable bonds is 4. The molecule has 0 aromatic carbocycles. The molecule has 3 rings (SSSR count). The van der Waals surface area contributed by atoms with E-state index >= 15 is 0 Å². The van der Waals surface area contributed by atoms with Crippen molar-refractivity contribution in [2.45, 2.75) is 6.04 Å². The first kappa shape index (κ1) is 16.4. The van der Waals surface area contributed by atoms with Crippen LogP contribution >= 0.6 is 0 Å². The lowest BCUT2D eigenvalue weighted by Gasteiger charge is -2.38. The molecule has 1 aliphatic heterocycles. The number of hydrogen-bond donors (Lipinski definition) is 0. The highest BCUT2D eigenvalue weighted by atomic mass is 16.2. The molecule has 1 amide bonds. The molecule has 1 unspecified atom stereocenters. The van der Waals surface area contributed by atoms with E-state index in [4.69, 9.17) is 0 Å². The molecule has 0 bridgehead atoms. The van der Waals surface area contributed by atoms with E-state index in [0.717, 1.165) is 24.5 Å². The van der Waals surface area contributed by atoms with Crippen LogP contribution < -0.4 is 4.90 Å². The summed E-state index contributed by atoms with van der Waals surface area (Å²) in [5.74, 6) is 1.11. The van der Waals surface area contributed by atoms with Gasteiger partial charge in [-0.1, -0.05) is 12.1 Å². The molecule has 2 aromatic rings. The Kier molecular flexibility index (Phi) is 5.05. The maximum Gasteiger partial charge on any atom is 0.244 e. The van der Waals surface area contributed by atoms with Gasteiger partial charge in [-0.2, -0.15) is 0 Å². The Labute approximate surface area is 142 Å². The topological polar surface area (TPSA) is 52.6 Å². The lowest BCUT2D eigenvalue weighted by molar-refractivity contribution is -0.136. The Morgan fingerprint density at radius 1 is 1.08 bits per heavy atom. The number of amides is 1. The van der Waals surface area contributed by atoms with Crippen LogP contribution in [0.1, 0.15) is 11.6 Å². The predicted molar refractivity (Wildman–Crippen MR) is 93.7 cm³/mol. The summed E-state index contributed by atoms with van der Waals surface area (Å²) in [5.41, 5.74) is 0.930. The van der Waals surface area contributed by atoms with E-state index < -0.39 is 0 Å². The highest BCUT2D eigenvalue weighted by Crippen LogP contribution is 2.21. The van der Waals surface area contributed by atoms with E-state index in [2.05, 4.69) is 14.9 Å². The fourth-order valence-electron chi connectivity index (χ4n) is 3.07. The minimum Gasteiger partial charge on any atom is -0.353 e. The van der Waals surface area contributed by atoms with Gasteiger partial charge in [0.2, 0.25) is 5.91 Å². The fourth-order valence-corrected chi connectivity index (χ4v) is 3.07. The number of likely N-dealkylation sites (N-methyl/N-ethyl adjacent to an activating group) is 1. The van der Waals surface area contributed by atoms with Gasteiger partial charge in [-0.05, 0) is 37.9 Å². The molecular formula is C18H23N5O. The molecule has 0 radical (unpaired) electrons. The minimum atomic E-state index is -0.292. The Hall–Kier alpha value is -2.47. The molecule has 6 heteroatoms. The third-order valence-electron chi connectivity index (χ3n) is 4.32. The Bertz CT molecular complexity index is 654. The molecule has 0 N–H and O–H groups in total. The Morgan fingerprint density at radius 3 is 2.46 bits per heavy atom. The smallest absolute Gasteiger partial charge is 0.244 e. The van der Waals surface area contributed by atoms with E-state index in [1.807, 2.05) is 54.2 Å². The van der Waals surface area contributed by atoms with Crippen molar-refractivity contribution in [2.24, 2.45) is 0 Å². The first-order valence-corrected chi connectivity index (χ1v) is 8.18. The van der Waals surface area contributed by atoms with Gasteiger partial charge >= 0.3 is 0 Å². The average Bonchev–Trinajstić information content (AvgIpc) is 2.63. The van der Waals surface area contributed by atoms with Gasteiger partial charge in [-0.3, -0.25) is 14.7 Å². The van der Waals surface area contributed by atoms with Crippen LogP contribution in [0.2, 0.25) is 0 Å². The number of aromatic nitrogens is 2. The van der Waals surface area contributed by atoms with Crippen LogP contribution in [0.15, 0.2) is 48.9 Å². The number of nitrogens with zero attached hydrogens (tertiary/aromatic N) is 5. The van der Waals surface area contributed by atoms with Crippen LogP contribution in [0, 0.1) is 0 Å². The van der Waals surface area contributed by atoms with Crippen LogP contribution in [0.3, 0.4) is 0 Å². The first-order valence-electron chi connectivity index (χ1n) is 8.18. The monoisotopic (exact) mass is 325 g/mol. The lowest BCUT2D eigenvalue weighted by atomic mass is 10.1. The van der Waals surface area contributed by atoms with Crippen molar-refractivity contribution in [3.63, 3.8) is 0 Å². The van der Waals surface area contributed by atoms with Gasteiger partial charge in [-0.25, -0.2) is 4.98 Å². The Balaban J connectivity index is 1.67. The van der Waals surface area contributed by atoms with E-state index in [9.17, 15) is 4.79 Å². The predicted octanol–water partition coefficient (Wildman–Crippen LogP) is 1.43. The lowest BCUT2D eigenvalue weighted by Crippen LogP contribution is -2.51. The maximum atomic E-state index is 13.0. The maximum absolute atomic E-state index is 13.0. The molecule has 6 nitrogen and oxygen atoms in total. The summed E-state index contributed by atoms with van der Waals surface area (Å²) in [6.45, 7) is 3.02. The largest absolute Gasteiger partial charge is 0.353 e. The standard InChI is InChI=1S/C18H23N5O/c1-21(2)17(15-6-5-8-19-14-15)18(24)23-12-10-22(11-13-23)16-7-3-4-9-20-16/h3-9,14,17H,10-13H2,1-2H3. The highest BCUT2D eigenvalue weighted by molar-refractivity contribution is 5.83. The number of anilines is 1. The molecule has 0 spiro atoms. The number of carbonyl (C=O) groups is 1.